The zero-order valence-electron chi connectivity index (χ0n) is 10.2. The Morgan fingerprint density at radius 2 is 1.78 bits per heavy atom. The van der Waals surface area contributed by atoms with E-state index in [9.17, 15) is 4.39 Å². The van der Waals surface area contributed by atoms with Gasteiger partial charge in [-0.1, -0.05) is 36.4 Å². The van der Waals surface area contributed by atoms with Gasteiger partial charge in [-0.2, -0.15) is 0 Å². The summed E-state index contributed by atoms with van der Waals surface area (Å²) < 4.78 is 14.5. The lowest BCUT2D eigenvalue weighted by atomic mass is 10.0. The molecule has 2 aromatic carbocycles. The largest absolute Gasteiger partial charge is 0.350 e. The van der Waals surface area contributed by atoms with Crippen molar-refractivity contribution in [3.8, 4) is 11.1 Å². The van der Waals surface area contributed by atoms with E-state index in [-0.39, 0.29) is 0 Å². The molecule has 0 saturated heterocycles. The van der Waals surface area contributed by atoms with Gasteiger partial charge in [0, 0.05) is 30.2 Å². The lowest BCUT2D eigenvalue weighted by molar-refractivity contribution is 0.485. The zero-order chi connectivity index (χ0) is 12.5. The van der Waals surface area contributed by atoms with E-state index >= 15 is 0 Å². The highest BCUT2D eigenvalue weighted by atomic mass is 19.1. The summed E-state index contributed by atoms with van der Waals surface area (Å²) in [4.78, 5) is 0. The van der Waals surface area contributed by atoms with Crippen molar-refractivity contribution in [1.29, 1.82) is 0 Å². The van der Waals surface area contributed by atoms with Crippen LogP contribution in [0.25, 0.3) is 22.0 Å². The highest BCUT2D eigenvalue weighted by Crippen LogP contribution is 2.25. The third-order valence-electron chi connectivity index (χ3n) is 3.23. The van der Waals surface area contributed by atoms with Crippen LogP contribution in [-0.4, -0.2) is 4.57 Å². The van der Waals surface area contributed by atoms with Gasteiger partial charge >= 0.3 is 0 Å². The minimum Gasteiger partial charge on any atom is -0.350 e. The first-order valence-electron chi connectivity index (χ1n) is 5.90. The molecule has 89 valence electrons. The Morgan fingerprint density at radius 1 is 1.06 bits per heavy atom. The van der Waals surface area contributed by atoms with Gasteiger partial charge in [-0.05, 0) is 22.8 Å². The topological polar surface area (TPSA) is 4.93 Å². The standard InChI is InChI=1S/C16H13FN/c1-18-9-8-14-6-7-15(10-16(14)18)13-4-2-12(11-17)3-5-13/h2-7,9-10H,11H2,1H3. The van der Waals surface area contributed by atoms with Crippen molar-refractivity contribution < 1.29 is 4.39 Å². The monoisotopic (exact) mass is 238 g/mol. The summed E-state index contributed by atoms with van der Waals surface area (Å²) in [7, 11) is 2.01. The van der Waals surface area contributed by atoms with Gasteiger partial charge < -0.3 is 4.57 Å². The number of halogens is 1. The van der Waals surface area contributed by atoms with Crippen LogP contribution in [0, 0.1) is 6.07 Å². The molecular weight excluding hydrogens is 225 g/mol. The first-order chi connectivity index (χ1) is 8.78. The van der Waals surface area contributed by atoms with Gasteiger partial charge in [0.2, 0.25) is 0 Å². The lowest BCUT2D eigenvalue weighted by Crippen LogP contribution is -1.85. The molecule has 0 aliphatic carbocycles. The Morgan fingerprint density at radius 3 is 2.50 bits per heavy atom. The third-order valence-corrected chi connectivity index (χ3v) is 3.23. The van der Waals surface area contributed by atoms with Crippen LogP contribution in [0.2, 0.25) is 0 Å². The molecule has 0 atom stereocenters. The van der Waals surface area contributed by atoms with Crippen LogP contribution in [0.15, 0.2) is 48.7 Å². The Kier molecular flexibility index (Phi) is 2.63. The number of hydrogen-bond donors (Lipinski definition) is 0. The highest BCUT2D eigenvalue weighted by molar-refractivity contribution is 5.84. The second-order valence-electron chi connectivity index (χ2n) is 4.45. The van der Waals surface area contributed by atoms with E-state index in [0.717, 1.165) is 22.0 Å². The van der Waals surface area contributed by atoms with Crippen LogP contribution >= 0.6 is 0 Å². The Bertz CT molecular complexity index is 680. The summed E-state index contributed by atoms with van der Waals surface area (Å²) in [6.45, 7) is -0.411. The predicted molar refractivity (Wildman–Crippen MR) is 72.0 cm³/mol. The van der Waals surface area contributed by atoms with Crippen molar-refractivity contribution in [3.05, 3.63) is 60.3 Å². The van der Waals surface area contributed by atoms with E-state index in [4.69, 9.17) is 0 Å². The third kappa shape index (κ3) is 1.80. The molecule has 1 heterocycles. The average Bonchev–Trinajstić information content (AvgIpc) is 2.80. The predicted octanol–water partition coefficient (Wildman–Crippen LogP) is 4.11. The summed E-state index contributed by atoms with van der Waals surface area (Å²) in [6.07, 6.45) is 1.93. The first kappa shape index (κ1) is 11.0. The minimum atomic E-state index is -0.411. The van der Waals surface area contributed by atoms with Crippen LogP contribution in [0.1, 0.15) is 5.56 Å². The second-order valence-corrected chi connectivity index (χ2v) is 4.45. The van der Waals surface area contributed by atoms with E-state index < -0.39 is 6.67 Å². The fourth-order valence-corrected chi connectivity index (χ4v) is 2.15. The van der Waals surface area contributed by atoms with Gasteiger partial charge in [0.1, 0.15) is 6.67 Å². The summed E-state index contributed by atoms with van der Waals surface area (Å²) >= 11 is 0. The van der Waals surface area contributed by atoms with Crippen molar-refractivity contribution in [2.45, 2.75) is 6.67 Å². The normalized spacial score (nSPS) is 11.0. The van der Waals surface area contributed by atoms with Gasteiger partial charge in [0.15, 0.2) is 0 Å². The molecule has 3 rings (SSSR count). The number of hydrogen-bond acceptors (Lipinski definition) is 0. The molecule has 1 radical (unpaired) electrons. The molecule has 1 nitrogen and oxygen atoms in total. The fraction of sp³-hybridized carbons (Fsp3) is 0.125. The van der Waals surface area contributed by atoms with E-state index in [0.29, 0.717) is 5.56 Å². The molecule has 0 saturated carbocycles. The lowest BCUT2D eigenvalue weighted by Gasteiger charge is -2.04. The van der Waals surface area contributed by atoms with Gasteiger partial charge in [0.25, 0.3) is 0 Å². The maximum absolute atomic E-state index is 12.5. The van der Waals surface area contributed by atoms with Crippen LogP contribution in [0.5, 0.6) is 0 Å². The molecule has 18 heavy (non-hydrogen) atoms. The van der Waals surface area contributed by atoms with Crippen LogP contribution in [0.4, 0.5) is 4.39 Å². The number of benzene rings is 2. The number of nitrogens with zero attached hydrogens (tertiary/aromatic N) is 1. The molecule has 0 fully saturated rings. The van der Waals surface area contributed by atoms with E-state index in [1.165, 1.54) is 0 Å². The van der Waals surface area contributed by atoms with E-state index in [2.05, 4.69) is 28.8 Å². The Hall–Kier alpha value is -2.09. The Labute approximate surface area is 105 Å². The van der Waals surface area contributed by atoms with Crippen LogP contribution in [-0.2, 0) is 13.7 Å². The van der Waals surface area contributed by atoms with Crippen molar-refractivity contribution in [3.63, 3.8) is 0 Å². The first-order valence-corrected chi connectivity index (χ1v) is 5.90. The molecule has 3 aromatic rings. The van der Waals surface area contributed by atoms with Gasteiger partial charge in [-0.15, -0.1) is 0 Å². The number of aryl methyl sites for hydroxylation is 1. The molecular formula is C16H13FN. The number of alkyl halides is 1. The van der Waals surface area contributed by atoms with Gasteiger partial charge in [-0.25, -0.2) is 4.39 Å². The maximum Gasteiger partial charge on any atom is 0.115 e. The smallest absolute Gasteiger partial charge is 0.115 e. The average molecular weight is 238 g/mol. The molecule has 0 N–H and O–H groups in total. The fourth-order valence-electron chi connectivity index (χ4n) is 2.15. The molecule has 1 aromatic heterocycles. The number of aromatic nitrogens is 1. The molecule has 0 spiro atoms. The van der Waals surface area contributed by atoms with E-state index in [1.54, 1.807) is 0 Å². The SMILES string of the molecule is Cn1c[c]c2ccc(-c3ccc(CF)cc3)cc21. The summed E-state index contributed by atoms with van der Waals surface area (Å²) in [5.41, 5.74) is 4.12. The van der Waals surface area contributed by atoms with Crippen LogP contribution in [0.3, 0.4) is 0 Å². The summed E-state index contributed by atoms with van der Waals surface area (Å²) in [5, 5.41) is 1.11. The van der Waals surface area contributed by atoms with Crippen LogP contribution < -0.4 is 0 Å². The second kappa shape index (κ2) is 4.30. The van der Waals surface area contributed by atoms with Crippen molar-refractivity contribution in [1.82, 2.24) is 4.57 Å². The number of fused-ring (bicyclic) bond motifs is 1. The maximum atomic E-state index is 12.5. The Balaban J connectivity index is 2.09. The summed E-state index contributed by atoms with van der Waals surface area (Å²) in [5.74, 6) is 0. The molecule has 0 unspecified atom stereocenters. The minimum absolute atomic E-state index is 0.411. The molecule has 0 aliphatic heterocycles. The molecule has 0 aliphatic rings. The molecule has 0 bridgehead atoms. The summed E-state index contributed by atoms with van der Waals surface area (Å²) in [6, 6.07) is 17.1. The highest BCUT2D eigenvalue weighted by Gasteiger charge is 2.02. The zero-order valence-corrected chi connectivity index (χ0v) is 10.2. The van der Waals surface area contributed by atoms with E-state index in [1.807, 2.05) is 37.5 Å². The van der Waals surface area contributed by atoms with Crippen molar-refractivity contribution in [2.24, 2.45) is 7.05 Å². The van der Waals surface area contributed by atoms with Crippen molar-refractivity contribution in [2.75, 3.05) is 0 Å². The van der Waals surface area contributed by atoms with Gasteiger partial charge in [0.05, 0.1) is 0 Å². The van der Waals surface area contributed by atoms with Gasteiger partial charge in [-0.3, -0.25) is 0 Å². The quantitative estimate of drug-likeness (QED) is 0.633. The van der Waals surface area contributed by atoms with Crippen molar-refractivity contribution >= 4 is 10.9 Å². The molecule has 2 heteroatoms. The molecule has 0 amide bonds. The number of rotatable bonds is 2.